The van der Waals surface area contributed by atoms with Gasteiger partial charge in [0.2, 0.25) is 5.91 Å². The molecule has 0 unspecified atom stereocenters. The maximum Gasteiger partial charge on any atom is 0.253 e. The fourth-order valence-electron chi connectivity index (χ4n) is 1.62. The maximum absolute atomic E-state index is 11.9. The quantitative estimate of drug-likeness (QED) is 0.658. The maximum atomic E-state index is 11.9. The van der Waals surface area contributed by atoms with E-state index in [1.54, 1.807) is 13.1 Å². The standard InChI is InChI=1S/C13H19N3O2/c1-9-5-6-10(11(8-9)15-2)13(18)16-7-3-4-12(14)17/h5-6,8,15H,3-4,7H2,1-2H3,(H2,14,17)(H,16,18). The van der Waals surface area contributed by atoms with E-state index in [0.717, 1.165) is 11.3 Å². The second-order valence-corrected chi connectivity index (χ2v) is 4.12. The van der Waals surface area contributed by atoms with Gasteiger partial charge in [-0.05, 0) is 31.0 Å². The Kier molecular flexibility index (Phi) is 5.17. The second kappa shape index (κ2) is 6.64. The van der Waals surface area contributed by atoms with Crippen molar-refractivity contribution in [3.8, 4) is 0 Å². The number of rotatable bonds is 6. The number of hydrogen-bond donors (Lipinski definition) is 3. The normalized spacial score (nSPS) is 9.89. The number of amides is 2. The summed E-state index contributed by atoms with van der Waals surface area (Å²) in [5.41, 5.74) is 7.50. The van der Waals surface area contributed by atoms with Crippen LogP contribution in [-0.2, 0) is 4.79 Å². The van der Waals surface area contributed by atoms with Crippen LogP contribution >= 0.6 is 0 Å². The molecule has 5 nitrogen and oxygen atoms in total. The van der Waals surface area contributed by atoms with Crippen LogP contribution in [0.25, 0.3) is 0 Å². The minimum atomic E-state index is -0.351. The summed E-state index contributed by atoms with van der Waals surface area (Å²) in [7, 11) is 1.78. The van der Waals surface area contributed by atoms with Gasteiger partial charge in [-0.15, -0.1) is 0 Å². The molecule has 1 aromatic carbocycles. The minimum absolute atomic E-state index is 0.149. The van der Waals surface area contributed by atoms with Crippen LogP contribution < -0.4 is 16.4 Å². The average molecular weight is 249 g/mol. The smallest absolute Gasteiger partial charge is 0.253 e. The zero-order valence-corrected chi connectivity index (χ0v) is 10.7. The van der Waals surface area contributed by atoms with Gasteiger partial charge in [0.05, 0.1) is 5.56 Å². The molecule has 18 heavy (non-hydrogen) atoms. The SMILES string of the molecule is CNc1cc(C)ccc1C(=O)NCCCC(N)=O. The van der Waals surface area contributed by atoms with E-state index in [4.69, 9.17) is 5.73 Å². The molecule has 0 bridgehead atoms. The number of primary amides is 1. The van der Waals surface area contributed by atoms with Crippen LogP contribution in [-0.4, -0.2) is 25.4 Å². The van der Waals surface area contributed by atoms with Crippen molar-refractivity contribution in [2.45, 2.75) is 19.8 Å². The van der Waals surface area contributed by atoms with Gasteiger partial charge in [-0.3, -0.25) is 9.59 Å². The van der Waals surface area contributed by atoms with Crippen LogP contribution in [0.5, 0.6) is 0 Å². The topological polar surface area (TPSA) is 84.2 Å². The summed E-state index contributed by atoms with van der Waals surface area (Å²) in [4.78, 5) is 22.5. The highest BCUT2D eigenvalue weighted by Gasteiger charge is 2.10. The van der Waals surface area contributed by atoms with Crippen LogP contribution in [0.2, 0.25) is 0 Å². The Morgan fingerprint density at radius 3 is 2.67 bits per heavy atom. The van der Waals surface area contributed by atoms with Crippen molar-refractivity contribution in [2.24, 2.45) is 5.73 Å². The monoisotopic (exact) mass is 249 g/mol. The first kappa shape index (κ1) is 14.0. The van der Waals surface area contributed by atoms with Crippen molar-refractivity contribution in [1.82, 2.24) is 5.32 Å². The molecule has 1 aromatic rings. The van der Waals surface area contributed by atoms with E-state index in [9.17, 15) is 9.59 Å². The number of nitrogens with two attached hydrogens (primary N) is 1. The zero-order valence-electron chi connectivity index (χ0n) is 10.7. The number of hydrogen-bond acceptors (Lipinski definition) is 3. The van der Waals surface area contributed by atoms with Crippen LogP contribution in [0, 0.1) is 6.92 Å². The Bertz CT molecular complexity index is 444. The summed E-state index contributed by atoms with van der Waals surface area (Å²) in [5, 5.41) is 5.75. The van der Waals surface area contributed by atoms with Gasteiger partial charge in [0.15, 0.2) is 0 Å². The molecule has 0 heterocycles. The average Bonchev–Trinajstić information content (AvgIpc) is 2.33. The molecule has 0 atom stereocenters. The molecule has 0 aliphatic heterocycles. The Hall–Kier alpha value is -2.04. The third-order valence-electron chi connectivity index (χ3n) is 2.57. The molecule has 98 valence electrons. The molecule has 0 spiro atoms. The number of nitrogens with one attached hydrogen (secondary N) is 2. The summed E-state index contributed by atoms with van der Waals surface area (Å²) in [6, 6.07) is 5.59. The molecule has 0 saturated carbocycles. The first-order valence-corrected chi connectivity index (χ1v) is 5.89. The van der Waals surface area contributed by atoms with Crippen LogP contribution in [0.15, 0.2) is 18.2 Å². The van der Waals surface area contributed by atoms with Crippen molar-refractivity contribution in [3.05, 3.63) is 29.3 Å². The van der Waals surface area contributed by atoms with E-state index in [1.807, 2.05) is 19.1 Å². The lowest BCUT2D eigenvalue weighted by Crippen LogP contribution is -2.26. The molecule has 0 saturated heterocycles. The molecule has 0 aliphatic rings. The van der Waals surface area contributed by atoms with Gasteiger partial charge in [0.25, 0.3) is 5.91 Å². The van der Waals surface area contributed by atoms with E-state index < -0.39 is 0 Å². The van der Waals surface area contributed by atoms with Crippen molar-refractivity contribution in [2.75, 3.05) is 18.9 Å². The van der Waals surface area contributed by atoms with Gasteiger partial charge in [0.1, 0.15) is 0 Å². The summed E-state index contributed by atoms with van der Waals surface area (Å²) >= 11 is 0. The fourth-order valence-corrected chi connectivity index (χ4v) is 1.62. The molecule has 2 amide bonds. The molecule has 1 rings (SSSR count). The molecule has 0 fully saturated rings. The second-order valence-electron chi connectivity index (χ2n) is 4.12. The van der Waals surface area contributed by atoms with E-state index >= 15 is 0 Å². The third-order valence-corrected chi connectivity index (χ3v) is 2.57. The molecular formula is C13H19N3O2. The predicted molar refractivity (Wildman–Crippen MR) is 71.5 cm³/mol. The molecule has 5 heteroatoms. The van der Waals surface area contributed by atoms with E-state index in [-0.39, 0.29) is 18.2 Å². The van der Waals surface area contributed by atoms with Crippen LogP contribution in [0.1, 0.15) is 28.8 Å². The highest BCUT2D eigenvalue weighted by atomic mass is 16.2. The fraction of sp³-hybridized carbons (Fsp3) is 0.385. The number of aryl methyl sites for hydroxylation is 1. The lowest BCUT2D eigenvalue weighted by atomic mass is 10.1. The number of carbonyl (C=O) groups excluding carboxylic acids is 2. The summed E-state index contributed by atoms with van der Waals surface area (Å²) < 4.78 is 0. The summed E-state index contributed by atoms with van der Waals surface area (Å²) in [6.07, 6.45) is 0.842. The van der Waals surface area contributed by atoms with Gasteiger partial charge in [-0.1, -0.05) is 6.07 Å². The van der Waals surface area contributed by atoms with Gasteiger partial charge in [0, 0.05) is 25.7 Å². The lowest BCUT2D eigenvalue weighted by molar-refractivity contribution is -0.118. The molecule has 4 N–H and O–H groups in total. The van der Waals surface area contributed by atoms with Crippen LogP contribution in [0.3, 0.4) is 0 Å². The Morgan fingerprint density at radius 1 is 1.33 bits per heavy atom. The van der Waals surface area contributed by atoms with E-state index in [1.165, 1.54) is 0 Å². The van der Waals surface area contributed by atoms with Gasteiger partial charge in [-0.25, -0.2) is 0 Å². The Labute approximate surface area is 107 Å². The molecule has 0 aromatic heterocycles. The number of carbonyl (C=O) groups is 2. The van der Waals surface area contributed by atoms with Gasteiger partial charge < -0.3 is 16.4 Å². The molecule has 0 aliphatic carbocycles. The Morgan fingerprint density at radius 2 is 2.06 bits per heavy atom. The number of benzene rings is 1. The van der Waals surface area contributed by atoms with Crippen LogP contribution in [0.4, 0.5) is 5.69 Å². The van der Waals surface area contributed by atoms with Gasteiger partial charge in [-0.2, -0.15) is 0 Å². The van der Waals surface area contributed by atoms with E-state index in [2.05, 4.69) is 10.6 Å². The highest BCUT2D eigenvalue weighted by Crippen LogP contribution is 2.16. The lowest BCUT2D eigenvalue weighted by Gasteiger charge is -2.10. The van der Waals surface area contributed by atoms with E-state index in [0.29, 0.717) is 18.5 Å². The number of anilines is 1. The van der Waals surface area contributed by atoms with Crippen molar-refractivity contribution < 1.29 is 9.59 Å². The predicted octanol–water partition coefficient (Wildman–Crippen LogP) is 1.03. The molecule has 0 radical (unpaired) electrons. The minimum Gasteiger partial charge on any atom is -0.387 e. The van der Waals surface area contributed by atoms with Crippen molar-refractivity contribution in [3.63, 3.8) is 0 Å². The first-order chi connectivity index (χ1) is 8.54. The van der Waals surface area contributed by atoms with Crippen molar-refractivity contribution in [1.29, 1.82) is 0 Å². The summed E-state index contributed by atoms with van der Waals surface area (Å²) in [5.74, 6) is -0.501. The summed E-state index contributed by atoms with van der Waals surface area (Å²) in [6.45, 7) is 2.41. The zero-order chi connectivity index (χ0) is 13.5. The molecular weight excluding hydrogens is 230 g/mol. The first-order valence-electron chi connectivity index (χ1n) is 5.89. The highest BCUT2D eigenvalue weighted by molar-refractivity contribution is 5.99. The van der Waals surface area contributed by atoms with Crippen molar-refractivity contribution >= 4 is 17.5 Å². The Balaban J connectivity index is 2.58. The third kappa shape index (κ3) is 4.08. The largest absolute Gasteiger partial charge is 0.387 e. The van der Waals surface area contributed by atoms with Gasteiger partial charge >= 0.3 is 0 Å².